The van der Waals surface area contributed by atoms with Gasteiger partial charge < -0.3 is 4.57 Å². The van der Waals surface area contributed by atoms with Crippen LogP contribution >= 0.6 is 0 Å². The molecule has 1 aliphatic rings. The lowest BCUT2D eigenvalue weighted by molar-refractivity contribution is 0.310. The normalized spacial score (nSPS) is 18.0. The summed E-state index contributed by atoms with van der Waals surface area (Å²) in [5.74, 6) is 0. The highest BCUT2D eigenvalue weighted by Gasteiger charge is 2.41. The van der Waals surface area contributed by atoms with E-state index in [1.54, 1.807) is 0 Å². The summed E-state index contributed by atoms with van der Waals surface area (Å²) in [7, 11) is 2.06. The summed E-state index contributed by atoms with van der Waals surface area (Å²) in [6.45, 7) is 0. The zero-order valence-electron chi connectivity index (χ0n) is 9.40. The molecule has 0 aliphatic heterocycles. The van der Waals surface area contributed by atoms with Crippen molar-refractivity contribution < 1.29 is 0 Å². The van der Waals surface area contributed by atoms with Crippen LogP contribution in [0.25, 0.3) is 10.9 Å². The van der Waals surface area contributed by atoms with E-state index in [9.17, 15) is 5.26 Å². The third kappa shape index (κ3) is 1.06. The van der Waals surface area contributed by atoms with Gasteiger partial charge >= 0.3 is 0 Å². The van der Waals surface area contributed by atoms with Crippen molar-refractivity contribution in [1.29, 1.82) is 5.26 Å². The molecule has 0 N–H and O–H groups in total. The van der Waals surface area contributed by atoms with E-state index in [0.717, 1.165) is 12.8 Å². The van der Waals surface area contributed by atoms with Crippen LogP contribution < -0.4 is 0 Å². The van der Waals surface area contributed by atoms with E-state index >= 15 is 0 Å². The number of hydrogen-bond donors (Lipinski definition) is 0. The zero-order chi connectivity index (χ0) is 11.2. The van der Waals surface area contributed by atoms with Crippen LogP contribution in [0.5, 0.6) is 0 Å². The first-order valence-corrected chi connectivity index (χ1v) is 5.73. The lowest BCUT2D eigenvalue weighted by atomic mass is 9.68. The van der Waals surface area contributed by atoms with Gasteiger partial charge in [-0.05, 0) is 36.8 Å². The Morgan fingerprint density at radius 3 is 2.62 bits per heavy atom. The topological polar surface area (TPSA) is 28.7 Å². The second-order valence-electron chi connectivity index (χ2n) is 4.69. The molecule has 0 atom stereocenters. The molecule has 16 heavy (non-hydrogen) atoms. The molecule has 0 amide bonds. The first-order valence-electron chi connectivity index (χ1n) is 5.73. The quantitative estimate of drug-likeness (QED) is 0.711. The number of hydrogen-bond acceptors (Lipinski definition) is 1. The van der Waals surface area contributed by atoms with Crippen LogP contribution in [0.3, 0.4) is 0 Å². The van der Waals surface area contributed by atoms with Crippen molar-refractivity contribution in [2.24, 2.45) is 7.05 Å². The summed E-state index contributed by atoms with van der Waals surface area (Å²) in [4.78, 5) is 0. The number of aryl methyl sites for hydroxylation is 1. The van der Waals surface area contributed by atoms with E-state index in [4.69, 9.17) is 0 Å². The molecule has 2 nitrogen and oxygen atoms in total. The molecule has 1 saturated carbocycles. The molecule has 0 bridgehead atoms. The number of fused-ring (bicyclic) bond motifs is 1. The Labute approximate surface area is 95.1 Å². The number of aromatic nitrogens is 1. The molecule has 80 valence electrons. The average molecular weight is 210 g/mol. The fraction of sp³-hybridized carbons (Fsp3) is 0.357. The molecule has 2 aromatic rings. The van der Waals surface area contributed by atoms with Crippen molar-refractivity contribution in [2.45, 2.75) is 24.7 Å². The minimum Gasteiger partial charge on any atom is -0.346 e. The smallest absolute Gasteiger partial charge is 0.0973 e. The molecule has 0 radical (unpaired) electrons. The van der Waals surface area contributed by atoms with Crippen molar-refractivity contribution in [1.82, 2.24) is 4.57 Å². The Morgan fingerprint density at radius 2 is 2.06 bits per heavy atom. The molecule has 1 heterocycles. The molecule has 1 aromatic heterocycles. The van der Waals surface area contributed by atoms with Crippen LogP contribution in [0.1, 0.15) is 25.0 Å². The fourth-order valence-electron chi connectivity index (χ4n) is 2.70. The summed E-state index contributed by atoms with van der Waals surface area (Å²) >= 11 is 0. The Balaban J connectivity index is 2.25. The van der Waals surface area contributed by atoms with Gasteiger partial charge in [0.15, 0.2) is 0 Å². The van der Waals surface area contributed by atoms with Gasteiger partial charge in [-0.25, -0.2) is 0 Å². The summed E-state index contributed by atoms with van der Waals surface area (Å²) in [6, 6.07) is 13.0. The van der Waals surface area contributed by atoms with Gasteiger partial charge in [0.05, 0.1) is 11.5 Å². The van der Waals surface area contributed by atoms with Gasteiger partial charge in [-0.3, -0.25) is 0 Å². The average Bonchev–Trinajstić information content (AvgIpc) is 2.57. The second-order valence-corrected chi connectivity index (χ2v) is 4.69. The maximum atomic E-state index is 9.38. The standard InChI is InChI=1S/C14H14N2/c1-16-12-6-3-2-5-11(12)9-13(16)14(10-15)7-4-8-14/h2-3,5-6,9H,4,7-8H2,1H3. The number of rotatable bonds is 1. The number of benzene rings is 1. The van der Waals surface area contributed by atoms with Gasteiger partial charge in [-0.2, -0.15) is 5.26 Å². The van der Waals surface area contributed by atoms with E-state index in [1.807, 2.05) is 12.1 Å². The van der Waals surface area contributed by atoms with Crippen LogP contribution in [0.4, 0.5) is 0 Å². The minimum absolute atomic E-state index is 0.215. The molecule has 0 spiro atoms. The molecular formula is C14H14N2. The fourth-order valence-corrected chi connectivity index (χ4v) is 2.70. The summed E-state index contributed by atoms with van der Waals surface area (Å²) in [5, 5.41) is 10.6. The predicted molar refractivity (Wildman–Crippen MR) is 64.1 cm³/mol. The summed E-state index contributed by atoms with van der Waals surface area (Å²) < 4.78 is 2.18. The largest absolute Gasteiger partial charge is 0.346 e. The molecular weight excluding hydrogens is 196 g/mol. The molecule has 1 aromatic carbocycles. The monoisotopic (exact) mass is 210 g/mol. The maximum Gasteiger partial charge on any atom is 0.0973 e. The molecule has 1 aliphatic carbocycles. The molecule has 3 rings (SSSR count). The van der Waals surface area contributed by atoms with Gasteiger partial charge in [0.25, 0.3) is 0 Å². The highest BCUT2D eigenvalue weighted by molar-refractivity contribution is 5.81. The van der Waals surface area contributed by atoms with Gasteiger partial charge in [0.1, 0.15) is 0 Å². The predicted octanol–water partition coefficient (Wildman–Crippen LogP) is 3.12. The van der Waals surface area contributed by atoms with Crippen LogP contribution in [0.2, 0.25) is 0 Å². The zero-order valence-corrected chi connectivity index (χ0v) is 9.40. The van der Waals surface area contributed by atoms with Crippen molar-refractivity contribution in [3.05, 3.63) is 36.0 Å². The second kappa shape index (κ2) is 3.12. The van der Waals surface area contributed by atoms with E-state index in [-0.39, 0.29) is 5.41 Å². The van der Waals surface area contributed by atoms with Gasteiger partial charge in [0, 0.05) is 18.3 Å². The van der Waals surface area contributed by atoms with Crippen LogP contribution in [-0.4, -0.2) is 4.57 Å². The molecule has 0 saturated heterocycles. The summed E-state index contributed by atoms with van der Waals surface area (Å²) in [5.41, 5.74) is 2.19. The van der Waals surface area contributed by atoms with E-state index in [1.165, 1.54) is 23.0 Å². The molecule has 1 fully saturated rings. The molecule has 0 unspecified atom stereocenters. The third-order valence-corrected chi connectivity index (χ3v) is 3.86. The van der Waals surface area contributed by atoms with E-state index in [0.29, 0.717) is 0 Å². The van der Waals surface area contributed by atoms with Crippen LogP contribution in [0, 0.1) is 11.3 Å². The van der Waals surface area contributed by atoms with Crippen molar-refractivity contribution >= 4 is 10.9 Å². The van der Waals surface area contributed by atoms with Gasteiger partial charge in [-0.15, -0.1) is 0 Å². The first kappa shape index (κ1) is 9.47. The molecule has 2 heteroatoms. The maximum absolute atomic E-state index is 9.38. The van der Waals surface area contributed by atoms with Crippen molar-refractivity contribution in [3.63, 3.8) is 0 Å². The van der Waals surface area contributed by atoms with Crippen molar-refractivity contribution in [3.8, 4) is 6.07 Å². The minimum atomic E-state index is -0.215. The first-order chi connectivity index (χ1) is 7.77. The van der Waals surface area contributed by atoms with Gasteiger partial charge in [0.2, 0.25) is 0 Å². The van der Waals surface area contributed by atoms with Crippen LogP contribution in [-0.2, 0) is 12.5 Å². The Kier molecular flexibility index (Phi) is 1.85. The Hall–Kier alpha value is -1.75. The van der Waals surface area contributed by atoms with E-state index in [2.05, 4.69) is 35.9 Å². The third-order valence-electron chi connectivity index (χ3n) is 3.86. The SMILES string of the molecule is Cn1c(C2(C#N)CCC2)cc2ccccc21. The highest BCUT2D eigenvalue weighted by Crippen LogP contribution is 2.44. The van der Waals surface area contributed by atoms with Crippen molar-refractivity contribution in [2.75, 3.05) is 0 Å². The Morgan fingerprint density at radius 1 is 1.31 bits per heavy atom. The highest BCUT2D eigenvalue weighted by atomic mass is 15.0. The number of para-hydroxylation sites is 1. The number of nitrogens with zero attached hydrogens (tertiary/aromatic N) is 2. The number of nitriles is 1. The van der Waals surface area contributed by atoms with Crippen LogP contribution in [0.15, 0.2) is 30.3 Å². The van der Waals surface area contributed by atoms with E-state index < -0.39 is 0 Å². The Bertz CT molecular complexity index is 582. The van der Waals surface area contributed by atoms with Gasteiger partial charge in [-0.1, -0.05) is 18.2 Å². The lowest BCUT2D eigenvalue weighted by Crippen LogP contribution is -2.34. The summed E-state index contributed by atoms with van der Waals surface area (Å²) in [6.07, 6.45) is 3.19. The lowest BCUT2D eigenvalue weighted by Gasteiger charge is -2.35.